The van der Waals surface area contributed by atoms with Crippen LogP contribution in [0.3, 0.4) is 0 Å². The van der Waals surface area contributed by atoms with Gasteiger partial charge in [-0.25, -0.2) is 0 Å². The van der Waals surface area contributed by atoms with E-state index in [2.05, 4.69) is 0 Å². The van der Waals surface area contributed by atoms with Crippen molar-refractivity contribution in [1.82, 2.24) is 0 Å². The number of carboxylic acid groups (broad SMARTS) is 1. The maximum absolute atomic E-state index is 12.5. The Morgan fingerprint density at radius 2 is 1.84 bits per heavy atom. The number of anilines is 1. The first kappa shape index (κ1) is 13.6. The van der Waals surface area contributed by atoms with Crippen LogP contribution in [0.1, 0.15) is 26.2 Å². The Labute approximate surface area is 113 Å². The summed E-state index contributed by atoms with van der Waals surface area (Å²) in [5.41, 5.74) is 0.883. The molecule has 2 unspecified atom stereocenters. The monoisotopic (exact) mass is 261 g/mol. The summed E-state index contributed by atoms with van der Waals surface area (Å²) in [4.78, 5) is 25.2. The maximum atomic E-state index is 12.5. The SMILES string of the molecule is CCN(C(=O)C1CCC(C(=O)O)C1)c1ccccc1. The van der Waals surface area contributed by atoms with Crippen LogP contribution in [-0.4, -0.2) is 23.5 Å². The van der Waals surface area contributed by atoms with Crippen molar-refractivity contribution in [3.8, 4) is 0 Å². The van der Waals surface area contributed by atoms with Gasteiger partial charge in [-0.15, -0.1) is 0 Å². The molecule has 19 heavy (non-hydrogen) atoms. The van der Waals surface area contributed by atoms with Crippen LogP contribution in [0.15, 0.2) is 30.3 Å². The molecule has 4 nitrogen and oxygen atoms in total. The highest BCUT2D eigenvalue weighted by Gasteiger charge is 2.35. The molecule has 1 aliphatic carbocycles. The molecule has 4 heteroatoms. The Morgan fingerprint density at radius 1 is 1.21 bits per heavy atom. The van der Waals surface area contributed by atoms with Crippen molar-refractivity contribution in [2.75, 3.05) is 11.4 Å². The number of carboxylic acids is 1. The minimum atomic E-state index is -0.780. The van der Waals surface area contributed by atoms with Gasteiger partial charge in [-0.3, -0.25) is 9.59 Å². The number of benzene rings is 1. The number of aliphatic carboxylic acids is 1. The molecule has 2 atom stereocenters. The Hall–Kier alpha value is -1.84. The van der Waals surface area contributed by atoms with E-state index in [9.17, 15) is 9.59 Å². The van der Waals surface area contributed by atoms with Crippen LogP contribution >= 0.6 is 0 Å². The van der Waals surface area contributed by atoms with Gasteiger partial charge in [-0.1, -0.05) is 18.2 Å². The molecule has 0 aliphatic heterocycles. The van der Waals surface area contributed by atoms with E-state index in [1.54, 1.807) is 4.90 Å². The van der Waals surface area contributed by atoms with Crippen molar-refractivity contribution in [2.24, 2.45) is 11.8 Å². The lowest BCUT2D eigenvalue weighted by atomic mass is 10.0. The first-order chi connectivity index (χ1) is 9.13. The molecule has 0 aromatic heterocycles. The summed E-state index contributed by atoms with van der Waals surface area (Å²) in [6, 6.07) is 9.54. The Balaban J connectivity index is 2.08. The van der Waals surface area contributed by atoms with E-state index in [0.717, 1.165) is 5.69 Å². The molecule has 0 saturated heterocycles. The quantitative estimate of drug-likeness (QED) is 0.906. The Kier molecular flexibility index (Phi) is 4.20. The molecule has 2 rings (SSSR count). The number of carbonyl (C=O) groups excluding carboxylic acids is 1. The van der Waals surface area contributed by atoms with Crippen LogP contribution in [0.2, 0.25) is 0 Å². The third kappa shape index (κ3) is 2.95. The molecule has 1 N–H and O–H groups in total. The minimum absolute atomic E-state index is 0.0532. The van der Waals surface area contributed by atoms with Crippen LogP contribution in [0, 0.1) is 11.8 Å². The van der Waals surface area contributed by atoms with Crippen LogP contribution < -0.4 is 4.90 Å². The van der Waals surface area contributed by atoms with E-state index in [0.29, 0.717) is 25.8 Å². The molecule has 1 fully saturated rings. The van der Waals surface area contributed by atoms with E-state index < -0.39 is 5.97 Å². The summed E-state index contributed by atoms with van der Waals surface area (Å²) in [6.07, 6.45) is 1.76. The molecule has 0 bridgehead atoms. The first-order valence-corrected chi connectivity index (χ1v) is 6.72. The molecule has 1 amide bonds. The molecule has 0 radical (unpaired) electrons. The molecular weight excluding hydrogens is 242 g/mol. The molecule has 1 aromatic rings. The van der Waals surface area contributed by atoms with Gasteiger partial charge in [0, 0.05) is 18.2 Å². The van der Waals surface area contributed by atoms with E-state index >= 15 is 0 Å². The average Bonchev–Trinajstić information content (AvgIpc) is 2.90. The molecule has 102 valence electrons. The summed E-state index contributed by atoms with van der Waals surface area (Å²) < 4.78 is 0. The lowest BCUT2D eigenvalue weighted by Gasteiger charge is -2.24. The summed E-state index contributed by atoms with van der Waals surface area (Å²) in [6.45, 7) is 2.55. The molecule has 1 saturated carbocycles. The lowest BCUT2D eigenvalue weighted by molar-refractivity contribution is -0.141. The van der Waals surface area contributed by atoms with Crippen molar-refractivity contribution in [3.63, 3.8) is 0 Å². The summed E-state index contributed by atoms with van der Waals surface area (Å²) in [5.74, 6) is -1.24. The van der Waals surface area contributed by atoms with Gasteiger partial charge in [0.15, 0.2) is 0 Å². The second-order valence-electron chi connectivity index (χ2n) is 4.96. The zero-order valence-electron chi connectivity index (χ0n) is 11.1. The predicted molar refractivity (Wildman–Crippen MR) is 72.9 cm³/mol. The number of carbonyl (C=O) groups is 2. The molecule has 0 heterocycles. The number of hydrogen-bond donors (Lipinski definition) is 1. The third-order valence-electron chi connectivity index (χ3n) is 3.78. The molecular formula is C15H19NO3. The van der Waals surface area contributed by atoms with Gasteiger partial charge >= 0.3 is 5.97 Å². The maximum Gasteiger partial charge on any atom is 0.306 e. The highest BCUT2D eigenvalue weighted by molar-refractivity contribution is 5.95. The summed E-state index contributed by atoms with van der Waals surface area (Å²) in [7, 11) is 0. The molecule has 1 aliphatic rings. The molecule has 1 aromatic carbocycles. The fourth-order valence-corrected chi connectivity index (χ4v) is 2.72. The number of rotatable bonds is 4. The third-order valence-corrected chi connectivity index (χ3v) is 3.78. The highest BCUT2D eigenvalue weighted by atomic mass is 16.4. The average molecular weight is 261 g/mol. The second-order valence-corrected chi connectivity index (χ2v) is 4.96. The Bertz CT molecular complexity index is 458. The number of amides is 1. The lowest BCUT2D eigenvalue weighted by Crippen LogP contribution is -2.35. The van der Waals surface area contributed by atoms with Crippen molar-refractivity contribution in [3.05, 3.63) is 30.3 Å². The van der Waals surface area contributed by atoms with Gasteiger partial charge < -0.3 is 10.0 Å². The van der Waals surface area contributed by atoms with Gasteiger partial charge in [0.25, 0.3) is 0 Å². The first-order valence-electron chi connectivity index (χ1n) is 6.72. The number of hydrogen-bond acceptors (Lipinski definition) is 2. The van der Waals surface area contributed by atoms with Gasteiger partial charge in [0.05, 0.1) is 5.92 Å². The van der Waals surface area contributed by atoms with Gasteiger partial charge in [0.2, 0.25) is 5.91 Å². The van der Waals surface area contributed by atoms with Crippen molar-refractivity contribution in [2.45, 2.75) is 26.2 Å². The van der Waals surface area contributed by atoms with Crippen molar-refractivity contribution >= 4 is 17.6 Å². The fraction of sp³-hybridized carbons (Fsp3) is 0.467. The van der Waals surface area contributed by atoms with Gasteiger partial charge in [-0.05, 0) is 38.3 Å². The smallest absolute Gasteiger partial charge is 0.306 e. The second kappa shape index (κ2) is 5.87. The number of nitrogens with zero attached hydrogens (tertiary/aromatic N) is 1. The fourth-order valence-electron chi connectivity index (χ4n) is 2.72. The van der Waals surface area contributed by atoms with Crippen molar-refractivity contribution < 1.29 is 14.7 Å². The van der Waals surface area contributed by atoms with E-state index in [1.165, 1.54) is 0 Å². The summed E-state index contributed by atoms with van der Waals surface area (Å²) in [5, 5.41) is 9.00. The topological polar surface area (TPSA) is 57.6 Å². The molecule has 0 spiro atoms. The zero-order chi connectivity index (χ0) is 13.8. The minimum Gasteiger partial charge on any atom is -0.481 e. The zero-order valence-corrected chi connectivity index (χ0v) is 11.1. The predicted octanol–water partition coefficient (Wildman–Crippen LogP) is 2.54. The highest BCUT2D eigenvalue weighted by Crippen LogP contribution is 2.33. The van der Waals surface area contributed by atoms with Crippen molar-refractivity contribution in [1.29, 1.82) is 0 Å². The standard InChI is InChI=1S/C15H19NO3/c1-2-16(13-6-4-3-5-7-13)14(17)11-8-9-12(10-11)15(18)19/h3-7,11-12H,2,8-10H2,1H3,(H,18,19). The number of para-hydroxylation sites is 1. The normalized spacial score (nSPS) is 22.2. The van der Waals surface area contributed by atoms with Gasteiger partial charge in [0.1, 0.15) is 0 Å². The van der Waals surface area contributed by atoms with E-state index in [1.807, 2.05) is 37.3 Å². The van der Waals surface area contributed by atoms with E-state index in [4.69, 9.17) is 5.11 Å². The largest absolute Gasteiger partial charge is 0.481 e. The van der Waals surface area contributed by atoms with Gasteiger partial charge in [-0.2, -0.15) is 0 Å². The van der Waals surface area contributed by atoms with Crippen LogP contribution in [-0.2, 0) is 9.59 Å². The van der Waals surface area contributed by atoms with Crippen LogP contribution in [0.4, 0.5) is 5.69 Å². The summed E-state index contributed by atoms with van der Waals surface area (Å²) >= 11 is 0. The Morgan fingerprint density at radius 3 is 2.37 bits per heavy atom. The van der Waals surface area contributed by atoms with E-state index in [-0.39, 0.29) is 17.7 Å². The van der Waals surface area contributed by atoms with Crippen LogP contribution in [0.25, 0.3) is 0 Å². The van der Waals surface area contributed by atoms with Crippen LogP contribution in [0.5, 0.6) is 0 Å².